The molecule has 0 aliphatic carbocycles. The molecule has 2 heterocycles. The average Bonchev–Trinajstić information content (AvgIpc) is 3.30. The molecule has 1 N–H and O–H groups in total. The van der Waals surface area contributed by atoms with Crippen LogP contribution in [0.1, 0.15) is 76.8 Å². The van der Waals surface area contributed by atoms with Crippen LogP contribution in [0.2, 0.25) is 0 Å². The van der Waals surface area contributed by atoms with Crippen LogP contribution >= 0.6 is 0 Å². The smallest absolute Gasteiger partial charge is 0.308 e. The van der Waals surface area contributed by atoms with Gasteiger partial charge in [-0.2, -0.15) is 0 Å². The maximum absolute atomic E-state index is 13.1. The van der Waals surface area contributed by atoms with Crippen LogP contribution in [0.25, 0.3) is 0 Å². The van der Waals surface area contributed by atoms with E-state index in [0.717, 1.165) is 113 Å². The fourth-order valence-corrected chi connectivity index (χ4v) is 8.94. The van der Waals surface area contributed by atoms with Gasteiger partial charge in [0.25, 0.3) is 0 Å². The number of unbranched alkanes of at least 4 members (excludes halogenated alkanes) is 2. The van der Waals surface area contributed by atoms with Crippen molar-refractivity contribution < 1.29 is 24.2 Å². The number of hydrogen-bond acceptors (Lipinski definition) is 11. The van der Waals surface area contributed by atoms with E-state index in [0.29, 0.717) is 12.8 Å². The molecule has 11 nitrogen and oxygen atoms in total. The van der Waals surface area contributed by atoms with Gasteiger partial charge in [-0.05, 0) is 110 Å². The number of Topliss-reactive ketones (excluding diaryl/α,β-unsaturated/α-hetero) is 2. The zero-order valence-corrected chi connectivity index (χ0v) is 37.5. The van der Waals surface area contributed by atoms with Crippen LogP contribution in [0.3, 0.4) is 0 Å². The van der Waals surface area contributed by atoms with Gasteiger partial charge in [-0.3, -0.25) is 24.2 Å². The van der Waals surface area contributed by atoms with Gasteiger partial charge in [0, 0.05) is 127 Å². The summed E-state index contributed by atoms with van der Waals surface area (Å²) in [6.07, 6.45) is 6.79. The number of para-hydroxylation sites is 2. The van der Waals surface area contributed by atoms with Crippen molar-refractivity contribution in [1.29, 1.82) is 0 Å². The third kappa shape index (κ3) is 12.9. The number of aryl methyl sites for hydroxylation is 2. The van der Waals surface area contributed by atoms with Crippen molar-refractivity contribution in [3.05, 3.63) is 119 Å². The molecule has 0 amide bonds. The summed E-state index contributed by atoms with van der Waals surface area (Å²) in [6, 6.07) is 33.0. The van der Waals surface area contributed by atoms with E-state index in [1.165, 1.54) is 22.5 Å². The standard InChI is InChI=1S/C51H68N6O5/c1-52(2)46-17-9-5-13-40(46)15-7-11-19-48(59)42-21-25-44(26-22-42)54-29-33-56(34-30-54)50(39-51(61)62-38-37-58)57-35-31-55(32-36-57)45-27-23-43(24-28-45)49(60)20-12-8-16-41-14-6-10-18-47(41)53(3)4/h5-6,9-10,13-14,17-18,21-28,50,58H,7-8,11-12,15-16,19-20,29-39H2,1-4H3. The Bertz CT molecular complexity index is 1890. The number of ketones is 2. The molecule has 2 fully saturated rings. The Balaban J connectivity index is 0.958. The van der Waals surface area contributed by atoms with Gasteiger partial charge in [-0.1, -0.05) is 36.4 Å². The van der Waals surface area contributed by atoms with Gasteiger partial charge in [-0.15, -0.1) is 0 Å². The SMILES string of the molecule is CN(C)c1ccccc1CCCCC(=O)c1ccc(N2CCN(C(CC(=O)OCCO)N3CCN(c4ccc(C(=O)CCCCc5ccccc5N(C)C)cc4)CC3)CC2)cc1. The molecular weight excluding hydrogens is 777 g/mol. The van der Waals surface area contributed by atoms with Gasteiger partial charge in [0.1, 0.15) is 6.61 Å². The molecule has 4 aromatic carbocycles. The quantitative estimate of drug-likeness (QED) is 0.0494. The Morgan fingerprint density at radius 3 is 1.35 bits per heavy atom. The number of nitrogens with zero attached hydrogens (tertiary/aromatic N) is 6. The summed E-state index contributed by atoms with van der Waals surface area (Å²) in [5.74, 6) is 0.0709. The van der Waals surface area contributed by atoms with E-state index in [2.05, 4.69) is 130 Å². The molecule has 2 saturated heterocycles. The monoisotopic (exact) mass is 845 g/mol. The second kappa shape index (κ2) is 23.3. The number of ether oxygens (including phenoxy) is 1. The molecule has 2 aliphatic heterocycles. The molecule has 332 valence electrons. The molecule has 6 rings (SSSR count). The first-order chi connectivity index (χ1) is 30.1. The molecule has 0 unspecified atom stereocenters. The van der Waals surface area contributed by atoms with Gasteiger partial charge in [0.2, 0.25) is 0 Å². The van der Waals surface area contributed by atoms with Crippen LogP contribution in [0.5, 0.6) is 0 Å². The number of piperazine rings is 2. The predicted molar refractivity (Wildman–Crippen MR) is 252 cm³/mol. The third-order valence-electron chi connectivity index (χ3n) is 12.4. The Morgan fingerprint density at radius 1 is 0.565 bits per heavy atom. The van der Waals surface area contributed by atoms with E-state index >= 15 is 0 Å². The first kappa shape index (κ1) is 46.3. The highest BCUT2D eigenvalue weighted by Gasteiger charge is 2.33. The lowest BCUT2D eigenvalue weighted by Crippen LogP contribution is -2.60. The third-order valence-corrected chi connectivity index (χ3v) is 12.4. The van der Waals surface area contributed by atoms with E-state index in [1.807, 2.05) is 24.3 Å². The molecule has 0 saturated carbocycles. The van der Waals surface area contributed by atoms with E-state index in [9.17, 15) is 19.5 Å². The second-order valence-corrected chi connectivity index (χ2v) is 17.1. The van der Waals surface area contributed by atoms with Crippen LogP contribution in [0.4, 0.5) is 22.7 Å². The van der Waals surface area contributed by atoms with Gasteiger partial charge >= 0.3 is 5.97 Å². The van der Waals surface area contributed by atoms with Crippen LogP contribution in [-0.4, -0.2) is 132 Å². The van der Waals surface area contributed by atoms with Crippen molar-refractivity contribution in [3.8, 4) is 0 Å². The van der Waals surface area contributed by atoms with Crippen LogP contribution in [-0.2, 0) is 22.4 Å². The Labute approximate surface area is 369 Å². The fourth-order valence-electron chi connectivity index (χ4n) is 8.94. The summed E-state index contributed by atoms with van der Waals surface area (Å²) < 4.78 is 5.35. The highest BCUT2D eigenvalue weighted by Crippen LogP contribution is 2.26. The molecule has 0 aromatic heterocycles. The van der Waals surface area contributed by atoms with Gasteiger partial charge < -0.3 is 29.4 Å². The molecular formula is C51H68N6O5. The van der Waals surface area contributed by atoms with Crippen molar-refractivity contribution in [2.24, 2.45) is 0 Å². The molecule has 2 aliphatic rings. The number of hydrogen-bond donors (Lipinski definition) is 1. The largest absolute Gasteiger partial charge is 0.463 e. The number of aliphatic hydroxyl groups is 1. The Kier molecular flexibility index (Phi) is 17.4. The van der Waals surface area contributed by atoms with E-state index in [4.69, 9.17) is 4.74 Å². The van der Waals surface area contributed by atoms with Crippen LogP contribution in [0.15, 0.2) is 97.1 Å². The predicted octanol–water partition coefficient (Wildman–Crippen LogP) is 7.21. The molecule has 0 bridgehead atoms. The van der Waals surface area contributed by atoms with Crippen LogP contribution in [0, 0.1) is 0 Å². The number of aliphatic hydroxyl groups excluding tert-OH is 1. The minimum absolute atomic E-state index is 0.000704. The van der Waals surface area contributed by atoms with Gasteiger partial charge in [-0.25, -0.2) is 0 Å². The molecule has 0 radical (unpaired) electrons. The summed E-state index contributed by atoms with van der Waals surface area (Å²) in [7, 11) is 8.26. The number of esters is 1. The Morgan fingerprint density at radius 2 is 0.968 bits per heavy atom. The summed E-state index contributed by atoms with van der Waals surface area (Å²) in [6.45, 7) is 6.17. The van der Waals surface area contributed by atoms with Crippen molar-refractivity contribution in [2.75, 3.05) is 113 Å². The normalized spacial score (nSPS) is 14.9. The maximum Gasteiger partial charge on any atom is 0.308 e. The highest BCUT2D eigenvalue weighted by atomic mass is 16.5. The minimum Gasteiger partial charge on any atom is -0.463 e. The topological polar surface area (TPSA) is 100 Å². The van der Waals surface area contributed by atoms with E-state index < -0.39 is 0 Å². The number of benzene rings is 4. The molecule has 62 heavy (non-hydrogen) atoms. The lowest BCUT2D eigenvalue weighted by Gasteiger charge is -2.47. The van der Waals surface area contributed by atoms with E-state index in [1.54, 1.807) is 0 Å². The van der Waals surface area contributed by atoms with Crippen molar-refractivity contribution >= 4 is 40.3 Å². The maximum atomic E-state index is 13.1. The number of carbonyl (C=O) groups is 3. The van der Waals surface area contributed by atoms with Crippen LogP contribution < -0.4 is 19.6 Å². The number of anilines is 4. The lowest BCUT2D eigenvalue weighted by molar-refractivity contribution is -0.148. The second-order valence-electron chi connectivity index (χ2n) is 17.1. The van der Waals surface area contributed by atoms with Crippen molar-refractivity contribution in [2.45, 2.75) is 64.0 Å². The summed E-state index contributed by atoms with van der Waals surface area (Å²) >= 11 is 0. The first-order valence-corrected chi connectivity index (χ1v) is 22.6. The van der Waals surface area contributed by atoms with Gasteiger partial charge in [0.15, 0.2) is 11.6 Å². The molecule has 11 heteroatoms. The summed E-state index contributed by atoms with van der Waals surface area (Å²) in [5, 5.41) is 9.29. The molecule has 0 spiro atoms. The molecule has 4 aromatic rings. The van der Waals surface area contributed by atoms with Crippen molar-refractivity contribution in [3.63, 3.8) is 0 Å². The highest BCUT2D eigenvalue weighted by molar-refractivity contribution is 5.97. The number of rotatable bonds is 22. The zero-order chi connectivity index (χ0) is 43.8. The molecule has 0 atom stereocenters. The summed E-state index contributed by atoms with van der Waals surface area (Å²) in [4.78, 5) is 52.9. The minimum atomic E-state index is -0.300. The lowest BCUT2D eigenvalue weighted by atomic mass is 10.0. The van der Waals surface area contributed by atoms with Crippen molar-refractivity contribution in [1.82, 2.24) is 9.80 Å². The number of carbonyl (C=O) groups excluding carboxylic acids is 3. The zero-order valence-electron chi connectivity index (χ0n) is 37.5. The van der Waals surface area contributed by atoms with E-state index in [-0.39, 0.29) is 43.3 Å². The first-order valence-electron chi connectivity index (χ1n) is 22.6. The average molecular weight is 845 g/mol. The Hall–Kier alpha value is -5.23. The fraction of sp³-hybridized carbons (Fsp3) is 0.471. The summed E-state index contributed by atoms with van der Waals surface area (Å²) in [5.41, 5.74) is 8.82. The van der Waals surface area contributed by atoms with Gasteiger partial charge in [0.05, 0.1) is 19.2 Å².